The van der Waals surface area contributed by atoms with E-state index < -0.39 is 6.04 Å². The van der Waals surface area contributed by atoms with E-state index in [9.17, 15) is 9.59 Å². The highest BCUT2D eigenvalue weighted by Crippen LogP contribution is 2.27. The van der Waals surface area contributed by atoms with Crippen LogP contribution >= 0.6 is 27.5 Å². The Labute approximate surface area is 179 Å². The Morgan fingerprint density at radius 2 is 1.93 bits per heavy atom. The number of ether oxygens (including phenoxy) is 1. The van der Waals surface area contributed by atoms with Gasteiger partial charge >= 0.3 is 0 Å². The molecule has 1 N–H and O–H groups in total. The monoisotopic (exact) mass is 466 g/mol. The van der Waals surface area contributed by atoms with Crippen LogP contribution in [0.2, 0.25) is 5.02 Å². The van der Waals surface area contributed by atoms with Gasteiger partial charge in [-0.15, -0.1) is 0 Å². The summed E-state index contributed by atoms with van der Waals surface area (Å²) < 4.78 is 6.43. The fourth-order valence-electron chi connectivity index (χ4n) is 2.71. The van der Waals surface area contributed by atoms with E-state index in [1.807, 2.05) is 37.3 Å². The molecule has 0 aliphatic heterocycles. The van der Waals surface area contributed by atoms with Gasteiger partial charge in [0.2, 0.25) is 5.91 Å². The van der Waals surface area contributed by atoms with Crippen LogP contribution in [0, 0.1) is 0 Å². The average molecular weight is 468 g/mol. The molecule has 0 heterocycles. The van der Waals surface area contributed by atoms with E-state index in [0.29, 0.717) is 30.3 Å². The first-order chi connectivity index (χ1) is 13.4. The zero-order chi connectivity index (χ0) is 20.5. The number of hydrogen-bond donors (Lipinski definition) is 1. The predicted octanol–water partition coefficient (Wildman–Crippen LogP) is 4.08. The maximum atomic E-state index is 12.8. The number of amides is 2. The molecule has 0 fully saturated rings. The highest BCUT2D eigenvalue weighted by Gasteiger charge is 2.25. The third-order valence-corrected chi connectivity index (χ3v) is 5.04. The molecule has 0 aliphatic rings. The van der Waals surface area contributed by atoms with Gasteiger partial charge in [-0.05, 0) is 44.0 Å². The van der Waals surface area contributed by atoms with Crippen LogP contribution in [-0.4, -0.2) is 42.5 Å². The molecule has 0 saturated carbocycles. The Kier molecular flexibility index (Phi) is 8.80. The van der Waals surface area contributed by atoms with Crippen LogP contribution in [-0.2, 0) is 16.0 Å². The van der Waals surface area contributed by atoms with E-state index in [1.54, 1.807) is 30.0 Å². The van der Waals surface area contributed by atoms with Crippen molar-refractivity contribution >= 4 is 39.3 Å². The lowest BCUT2D eigenvalue weighted by molar-refractivity contribution is -0.141. The molecule has 2 amide bonds. The number of benzene rings is 2. The molecule has 0 spiro atoms. The number of carbonyl (C=O) groups is 2. The summed E-state index contributed by atoms with van der Waals surface area (Å²) in [4.78, 5) is 26.7. The third kappa shape index (κ3) is 6.53. The highest BCUT2D eigenvalue weighted by molar-refractivity contribution is 9.10. The van der Waals surface area contributed by atoms with Crippen molar-refractivity contribution in [3.63, 3.8) is 0 Å². The van der Waals surface area contributed by atoms with Gasteiger partial charge in [0.1, 0.15) is 11.8 Å². The van der Waals surface area contributed by atoms with Crippen molar-refractivity contribution in [2.24, 2.45) is 0 Å². The standard InChI is InChI=1S/C21H24BrClN2O3/c1-3-24-21(27)15(2)25(12-11-16-7-5-4-6-8-16)20(26)14-28-19-10-9-17(22)13-18(19)23/h4-10,13,15H,3,11-12,14H2,1-2H3,(H,24,27). The van der Waals surface area contributed by atoms with E-state index in [4.69, 9.17) is 16.3 Å². The van der Waals surface area contributed by atoms with Gasteiger partial charge in [-0.3, -0.25) is 9.59 Å². The minimum atomic E-state index is -0.597. The van der Waals surface area contributed by atoms with Gasteiger partial charge in [-0.2, -0.15) is 0 Å². The lowest BCUT2D eigenvalue weighted by Crippen LogP contribution is -2.50. The van der Waals surface area contributed by atoms with E-state index >= 15 is 0 Å². The molecule has 1 unspecified atom stereocenters. The van der Waals surface area contributed by atoms with Gasteiger partial charge < -0.3 is 15.0 Å². The molecule has 2 aromatic carbocycles. The molecule has 0 radical (unpaired) electrons. The van der Waals surface area contributed by atoms with Crippen molar-refractivity contribution in [2.75, 3.05) is 19.7 Å². The van der Waals surface area contributed by atoms with Crippen LogP contribution in [0.15, 0.2) is 53.0 Å². The maximum absolute atomic E-state index is 12.8. The second-order valence-corrected chi connectivity index (χ2v) is 7.58. The van der Waals surface area contributed by atoms with Gasteiger partial charge in [0.05, 0.1) is 5.02 Å². The molecule has 5 nitrogen and oxygen atoms in total. The number of carbonyl (C=O) groups excluding carboxylic acids is 2. The Morgan fingerprint density at radius 3 is 2.57 bits per heavy atom. The number of likely N-dealkylation sites (N-methyl/N-ethyl adjacent to an activating group) is 1. The normalized spacial score (nSPS) is 11.6. The summed E-state index contributed by atoms with van der Waals surface area (Å²) in [7, 11) is 0. The molecule has 2 rings (SSSR count). The van der Waals surface area contributed by atoms with Gasteiger partial charge in [0.25, 0.3) is 5.91 Å². The number of hydrogen-bond acceptors (Lipinski definition) is 3. The quantitative estimate of drug-likeness (QED) is 0.605. The Hall–Kier alpha value is -2.05. The summed E-state index contributed by atoms with van der Waals surface area (Å²) in [5, 5.41) is 3.18. The van der Waals surface area contributed by atoms with Crippen molar-refractivity contribution in [3.05, 3.63) is 63.6 Å². The molecule has 150 valence electrons. The molecule has 0 aliphatic carbocycles. The van der Waals surface area contributed by atoms with Crippen LogP contribution in [0.5, 0.6) is 5.75 Å². The summed E-state index contributed by atoms with van der Waals surface area (Å²) in [6.45, 7) is 4.30. The van der Waals surface area contributed by atoms with Crippen molar-refractivity contribution in [1.29, 1.82) is 0 Å². The van der Waals surface area contributed by atoms with Gasteiger partial charge in [0.15, 0.2) is 6.61 Å². The topological polar surface area (TPSA) is 58.6 Å². The SMILES string of the molecule is CCNC(=O)C(C)N(CCc1ccccc1)C(=O)COc1ccc(Br)cc1Cl. The van der Waals surface area contributed by atoms with Crippen LogP contribution in [0.4, 0.5) is 0 Å². The van der Waals surface area contributed by atoms with Gasteiger partial charge in [-0.25, -0.2) is 0 Å². The van der Waals surface area contributed by atoms with Crippen LogP contribution < -0.4 is 10.1 Å². The molecular weight excluding hydrogens is 444 g/mol. The molecule has 0 saturated heterocycles. The molecule has 0 bridgehead atoms. The second kappa shape index (κ2) is 11.1. The molecular formula is C21H24BrClN2O3. The van der Waals surface area contributed by atoms with Crippen LogP contribution in [0.25, 0.3) is 0 Å². The molecule has 1 atom stereocenters. The fraction of sp³-hybridized carbons (Fsp3) is 0.333. The van der Waals surface area contributed by atoms with E-state index in [1.165, 1.54) is 0 Å². The number of nitrogens with zero attached hydrogens (tertiary/aromatic N) is 1. The highest BCUT2D eigenvalue weighted by atomic mass is 79.9. The van der Waals surface area contributed by atoms with Crippen molar-refractivity contribution < 1.29 is 14.3 Å². The minimum Gasteiger partial charge on any atom is -0.482 e. The molecule has 7 heteroatoms. The van der Waals surface area contributed by atoms with Crippen molar-refractivity contribution in [2.45, 2.75) is 26.3 Å². The Balaban J connectivity index is 2.07. The first-order valence-corrected chi connectivity index (χ1v) is 10.3. The van der Waals surface area contributed by atoms with Crippen LogP contribution in [0.1, 0.15) is 19.4 Å². The molecule has 0 aromatic heterocycles. The second-order valence-electron chi connectivity index (χ2n) is 6.26. The first kappa shape index (κ1) is 22.2. The lowest BCUT2D eigenvalue weighted by Gasteiger charge is -2.28. The molecule has 28 heavy (non-hydrogen) atoms. The summed E-state index contributed by atoms with van der Waals surface area (Å²) in [5.41, 5.74) is 1.10. The smallest absolute Gasteiger partial charge is 0.261 e. The number of nitrogens with one attached hydrogen (secondary N) is 1. The maximum Gasteiger partial charge on any atom is 0.261 e. The van der Waals surface area contributed by atoms with E-state index in [-0.39, 0.29) is 18.4 Å². The first-order valence-electron chi connectivity index (χ1n) is 9.11. The molecule has 2 aromatic rings. The van der Waals surface area contributed by atoms with Crippen LogP contribution in [0.3, 0.4) is 0 Å². The van der Waals surface area contributed by atoms with Crippen molar-refractivity contribution in [3.8, 4) is 5.75 Å². The zero-order valence-electron chi connectivity index (χ0n) is 16.0. The van der Waals surface area contributed by atoms with E-state index in [0.717, 1.165) is 10.0 Å². The summed E-state index contributed by atoms with van der Waals surface area (Å²) >= 11 is 9.48. The van der Waals surface area contributed by atoms with E-state index in [2.05, 4.69) is 21.2 Å². The predicted molar refractivity (Wildman–Crippen MR) is 115 cm³/mol. The zero-order valence-corrected chi connectivity index (χ0v) is 18.3. The minimum absolute atomic E-state index is 0.189. The Morgan fingerprint density at radius 1 is 1.21 bits per heavy atom. The largest absolute Gasteiger partial charge is 0.482 e. The summed E-state index contributed by atoms with van der Waals surface area (Å²) in [6.07, 6.45) is 0.648. The average Bonchev–Trinajstić information content (AvgIpc) is 2.68. The lowest BCUT2D eigenvalue weighted by atomic mass is 10.1. The third-order valence-electron chi connectivity index (χ3n) is 4.25. The fourth-order valence-corrected chi connectivity index (χ4v) is 3.43. The summed E-state index contributed by atoms with van der Waals surface area (Å²) in [6, 6.07) is 14.4. The van der Waals surface area contributed by atoms with Gasteiger partial charge in [0, 0.05) is 17.6 Å². The number of halogens is 2. The number of rotatable bonds is 9. The summed E-state index contributed by atoms with van der Waals surface area (Å²) in [5.74, 6) is -0.0360. The van der Waals surface area contributed by atoms with Crippen molar-refractivity contribution in [1.82, 2.24) is 10.2 Å². The Bertz CT molecular complexity index is 801. The van der Waals surface area contributed by atoms with Gasteiger partial charge in [-0.1, -0.05) is 57.9 Å².